The van der Waals surface area contributed by atoms with Crippen molar-refractivity contribution in [2.75, 3.05) is 0 Å². The first-order chi connectivity index (χ1) is 7.15. The average Bonchev–Trinajstić information content (AvgIpc) is 2.22. The van der Waals surface area contributed by atoms with Gasteiger partial charge in [-0.25, -0.2) is 4.98 Å². The first-order valence-electron chi connectivity index (χ1n) is 5.08. The number of pyridine rings is 1. The number of rotatable bonds is 0. The van der Waals surface area contributed by atoms with Crippen LogP contribution in [-0.2, 0) is 6.42 Å². The molecule has 1 aliphatic rings. The second kappa shape index (κ2) is 3.47. The van der Waals surface area contributed by atoms with Gasteiger partial charge < -0.3 is 0 Å². The molecule has 1 aliphatic carbocycles. The van der Waals surface area contributed by atoms with E-state index in [0.29, 0.717) is 17.7 Å². The number of hydrogen-bond donors (Lipinski definition) is 0. The second-order valence-electron chi connectivity index (χ2n) is 3.91. The number of ketones is 1. The van der Waals surface area contributed by atoms with Crippen LogP contribution in [0, 0.1) is 25.2 Å². The summed E-state index contributed by atoms with van der Waals surface area (Å²) in [4.78, 5) is 15.9. The van der Waals surface area contributed by atoms with Crippen LogP contribution in [0.4, 0.5) is 0 Å². The van der Waals surface area contributed by atoms with E-state index in [9.17, 15) is 4.79 Å². The third-order valence-corrected chi connectivity index (χ3v) is 2.99. The number of carbonyl (C=O) groups excluding carboxylic acids is 1. The highest BCUT2D eigenvalue weighted by atomic mass is 16.1. The largest absolute Gasteiger partial charge is 0.292 e. The summed E-state index contributed by atoms with van der Waals surface area (Å²) < 4.78 is 0. The van der Waals surface area contributed by atoms with Crippen molar-refractivity contribution in [1.29, 1.82) is 5.26 Å². The minimum atomic E-state index is 0.0795. The van der Waals surface area contributed by atoms with Gasteiger partial charge in [0.2, 0.25) is 0 Å². The van der Waals surface area contributed by atoms with Crippen LogP contribution in [0.15, 0.2) is 0 Å². The van der Waals surface area contributed by atoms with Gasteiger partial charge in [-0.1, -0.05) is 0 Å². The smallest absolute Gasteiger partial charge is 0.181 e. The van der Waals surface area contributed by atoms with E-state index >= 15 is 0 Å². The van der Waals surface area contributed by atoms with Crippen molar-refractivity contribution < 1.29 is 4.79 Å². The van der Waals surface area contributed by atoms with Crippen molar-refractivity contribution in [2.24, 2.45) is 0 Å². The Hall–Kier alpha value is -1.69. The topological polar surface area (TPSA) is 53.8 Å². The van der Waals surface area contributed by atoms with Gasteiger partial charge in [-0.05, 0) is 37.8 Å². The van der Waals surface area contributed by atoms with Crippen molar-refractivity contribution in [1.82, 2.24) is 4.98 Å². The van der Waals surface area contributed by atoms with E-state index in [1.807, 2.05) is 13.8 Å². The Balaban J connectivity index is 2.76. The normalized spacial score (nSPS) is 14.6. The van der Waals surface area contributed by atoms with Gasteiger partial charge in [0, 0.05) is 12.1 Å². The van der Waals surface area contributed by atoms with Gasteiger partial charge in [0.1, 0.15) is 5.69 Å². The van der Waals surface area contributed by atoms with Crippen molar-refractivity contribution in [2.45, 2.75) is 33.1 Å². The zero-order valence-corrected chi connectivity index (χ0v) is 8.92. The molecular formula is C12H12N2O. The number of aryl methyl sites for hydroxylation is 1. The van der Waals surface area contributed by atoms with Crippen molar-refractivity contribution >= 4 is 5.78 Å². The molecule has 0 aromatic carbocycles. The fourth-order valence-electron chi connectivity index (χ4n) is 2.01. The molecule has 1 aromatic rings. The lowest BCUT2D eigenvalue weighted by atomic mass is 9.89. The quantitative estimate of drug-likeness (QED) is 0.644. The molecule has 0 fully saturated rings. The number of fused-ring (bicyclic) bond motifs is 1. The van der Waals surface area contributed by atoms with E-state index in [4.69, 9.17) is 5.26 Å². The molecule has 0 unspecified atom stereocenters. The number of Topliss-reactive ketones (excluding diaryl/α,β-unsaturated/α-hetero) is 1. The molecule has 0 atom stereocenters. The predicted octanol–water partition coefficient (Wildman–Crippen LogP) is 2.09. The molecule has 0 radical (unpaired) electrons. The molecule has 0 saturated heterocycles. The maximum absolute atomic E-state index is 11.6. The maximum Gasteiger partial charge on any atom is 0.181 e. The summed E-state index contributed by atoms with van der Waals surface area (Å²) in [6, 6.07) is 2.19. The monoisotopic (exact) mass is 200 g/mol. The highest BCUT2D eigenvalue weighted by Crippen LogP contribution is 2.26. The van der Waals surface area contributed by atoms with Crippen molar-refractivity contribution in [3.05, 3.63) is 28.1 Å². The predicted molar refractivity (Wildman–Crippen MR) is 55.7 cm³/mol. The zero-order chi connectivity index (χ0) is 11.0. The number of carbonyl (C=O) groups is 1. The summed E-state index contributed by atoms with van der Waals surface area (Å²) in [5, 5.41) is 9.10. The van der Waals surface area contributed by atoms with Crippen molar-refractivity contribution in [3.8, 4) is 6.07 Å². The summed E-state index contributed by atoms with van der Waals surface area (Å²) in [7, 11) is 0. The molecule has 3 nitrogen and oxygen atoms in total. The van der Waals surface area contributed by atoms with E-state index in [-0.39, 0.29) is 5.78 Å². The molecule has 76 valence electrons. The number of nitrogens with zero attached hydrogens (tertiary/aromatic N) is 2. The molecule has 3 heteroatoms. The Morgan fingerprint density at radius 3 is 2.73 bits per heavy atom. The second-order valence-corrected chi connectivity index (χ2v) is 3.91. The minimum absolute atomic E-state index is 0.0795. The lowest BCUT2D eigenvalue weighted by Crippen LogP contribution is -2.16. The van der Waals surface area contributed by atoms with Gasteiger partial charge in [-0.3, -0.25) is 4.79 Å². The van der Waals surface area contributed by atoms with Gasteiger partial charge in [0.05, 0.1) is 11.6 Å². The first-order valence-corrected chi connectivity index (χ1v) is 5.08. The lowest BCUT2D eigenvalue weighted by Gasteiger charge is -2.17. The SMILES string of the molecule is Cc1nc2c(c(C#N)c1C)CCCC2=O. The summed E-state index contributed by atoms with van der Waals surface area (Å²) >= 11 is 0. The van der Waals surface area contributed by atoms with E-state index in [1.54, 1.807) is 0 Å². The third kappa shape index (κ3) is 1.42. The molecule has 0 amide bonds. The Labute approximate surface area is 88.8 Å². The maximum atomic E-state index is 11.6. The summed E-state index contributed by atoms with van der Waals surface area (Å²) in [6.07, 6.45) is 2.20. The van der Waals surface area contributed by atoms with E-state index in [2.05, 4.69) is 11.1 Å². The zero-order valence-electron chi connectivity index (χ0n) is 8.92. The molecule has 0 bridgehead atoms. The minimum Gasteiger partial charge on any atom is -0.292 e. The van der Waals surface area contributed by atoms with E-state index in [1.165, 1.54) is 0 Å². The highest BCUT2D eigenvalue weighted by Gasteiger charge is 2.23. The molecule has 0 aliphatic heterocycles. The Bertz CT molecular complexity index is 483. The van der Waals surface area contributed by atoms with Crippen LogP contribution in [0.5, 0.6) is 0 Å². The van der Waals surface area contributed by atoms with Gasteiger partial charge in [-0.2, -0.15) is 5.26 Å². The van der Waals surface area contributed by atoms with Crippen LogP contribution in [0.25, 0.3) is 0 Å². The number of aromatic nitrogens is 1. The van der Waals surface area contributed by atoms with Crippen LogP contribution in [0.1, 0.15) is 45.7 Å². The Kier molecular flexibility index (Phi) is 2.28. The molecule has 1 aromatic heterocycles. The van der Waals surface area contributed by atoms with Gasteiger partial charge in [0.15, 0.2) is 5.78 Å². The molecule has 0 saturated carbocycles. The van der Waals surface area contributed by atoms with Crippen LogP contribution in [0.2, 0.25) is 0 Å². The summed E-state index contributed by atoms with van der Waals surface area (Å²) in [5.74, 6) is 0.0795. The fourth-order valence-corrected chi connectivity index (χ4v) is 2.01. The van der Waals surface area contributed by atoms with Gasteiger partial charge >= 0.3 is 0 Å². The molecule has 0 N–H and O–H groups in total. The van der Waals surface area contributed by atoms with Crippen LogP contribution in [0.3, 0.4) is 0 Å². The summed E-state index contributed by atoms with van der Waals surface area (Å²) in [5.41, 5.74) is 3.75. The van der Waals surface area contributed by atoms with Crippen LogP contribution < -0.4 is 0 Å². The first kappa shape index (κ1) is 9.85. The van der Waals surface area contributed by atoms with E-state index in [0.717, 1.165) is 29.7 Å². The summed E-state index contributed by atoms with van der Waals surface area (Å²) in [6.45, 7) is 3.73. The van der Waals surface area contributed by atoms with Gasteiger partial charge in [0.25, 0.3) is 0 Å². The lowest BCUT2D eigenvalue weighted by molar-refractivity contribution is 0.0967. The van der Waals surface area contributed by atoms with Gasteiger partial charge in [-0.15, -0.1) is 0 Å². The third-order valence-electron chi connectivity index (χ3n) is 2.99. The fraction of sp³-hybridized carbons (Fsp3) is 0.417. The molecular weight excluding hydrogens is 188 g/mol. The van der Waals surface area contributed by atoms with Crippen LogP contribution in [-0.4, -0.2) is 10.8 Å². The Morgan fingerprint density at radius 2 is 2.07 bits per heavy atom. The highest BCUT2D eigenvalue weighted by molar-refractivity contribution is 5.97. The standard InChI is InChI=1S/C12H12N2O/c1-7-8(2)14-12-9(10(7)6-13)4-3-5-11(12)15/h3-5H2,1-2H3. The van der Waals surface area contributed by atoms with Crippen molar-refractivity contribution in [3.63, 3.8) is 0 Å². The molecule has 0 spiro atoms. The molecule has 15 heavy (non-hydrogen) atoms. The van der Waals surface area contributed by atoms with Crippen LogP contribution >= 0.6 is 0 Å². The van der Waals surface area contributed by atoms with E-state index < -0.39 is 0 Å². The number of hydrogen-bond acceptors (Lipinski definition) is 3. The molecule has 2 rings (SSSR count). The Morgan fingerprint density at radius 1 is 1.33 bits per heavy atom. The average molecular weight is 200 g/mol. The number of nitriles is 1. The molecule has 1 heterocycles.